The molecule has 12 heavy (non-hydrogen) atoms. The van der Waals surface area contributed by atoms with Gasteiger partial charge in [-0.05, 0) is 30.6 Å². The minimum Gasteiger partial charge on any atom is -0.302 e. The Morgan fingerprint density at radius 2 is 1.92 bits per heavy atom. The monoisotopic (exact) mass is 167 g/mol. The third-order valence-electron chi connectivity index (χ3n) is 3.67. The van der Waals surface area contributed by atoms with E-state index in [4.69, 9.17) is 0 Å². The summed E-state index contributed by atoms with van der Waals surface area (Å²) in [6.45, 7) is 8.88. The van der Waals surface area contributed by atoms with Crippen LogP contribution in [0, 0.1) is 17.8 Å². The Bertz CT molecular complexity index is 143. The lowest BCUT2D eigenvalue weighted by atomic mass is 9.82. The highest BCUT2D eigenvalue weighted by atomic mass is 15.2. The quantitative estimate of drug-likeness (QED) is 0.624. The van der Waals surface area contributed by atoms with Crippen LogP contribution in [0.25, 0.3) is 0 Å². The van der Waals surface area contributed by atoms with Gasteiger partial charge in [-0.25, -0.2) is 0 Å². The van der Waals surface area contributed by atoms with Crippen LogP contribution in [0.1, 0.15) is 33.1 Å². The lowest BCUT2D eigenvalue weighted by Crippen LogP contribution is -2.51. The predicted octanol–water partition coefficient (Wildman–Crippen LogP) is 2.37. The minimum atomic E-state index is 0.905. The smallest absolute Gasteiger partial charge is 0.00246 e. The van der Waals surface area contributed by atoms with Gasteiger partial charge in [-0.15, -0.1) is 0 Å². The molecule has 0 unspecified atom stereocenters. The first-order valence-corrected chi connectivity index (χ1v) is 5.48. The maximum atomic E-state index is 2.65. The zero-order chi connectivity index (χ0) is 8.55. The standard InChI is InChI=1S/C11H21N/c1-9(2)11-7-12(8-11)6-10-4-3-5-10/h9-11H,3-8H2,1-2H3. The van der Waals surface area contributed by atoms with E-state index < -0.39 is 0 Å². The Balaban J connectivity index is 1.61. The van der Waals surface area contributed by atoms with Crippen LogP contribution >= 0.6 is 0 Å². The topological polar surface area (TPSA) is 3.24 Å². The van der Waals surface area contributed by atoms with Gasteiger partial charge in [0.1, 0.15) is 0 Å². The first-order valence-electron chi connectivity index (χ1n) is 5.48. The molecule has 2 fully saturated rings. The van der Waals surface area contributed by atoms with Crippen molar-refractivity contribution in [2.24, 2.45) is 17.8 Å². The maximum Gasteiger partial charge on any atom is 0.00246 e. The highest BCUT2D eigenvalue weighted by Gasteiger charge is 2.31. The Kier molecular flexibility index (Phi) is 2.40. The molecule has 1 aliphatic heterocycles. The van der Waals surface area contributed by atoms with Crippen LogP contribution < -0.4 is 0 Å². The molecule has 0 bridgehead atoms. The highest BCUT2D eigenvalue weighted by Crippen LogP contribution is 2.31. The summed E-state index contributed by atoms with van der Waals surface area (Å²) in [5.74, 6) is 2.98. The predicted molar refractivity (Wildman–Crippen MR) is 52.1 cm³/mol. The van der Waals surface area contributed by atoms with Gasteiger partial charge < -0.3 is 4.90 Å². The summed E-state index contributed by atoms with van der Waals surface area (Å²) in [6, 6.07) is 0. The molecule has 2 aliphatic rings. The fourth-order valence-corrected chi connectivity index (χ4v) is 2.22. The van der Waals surface area contributed by atoms with E-state index in [0.29, 0.717) is 0 Å². The molecule has 1 aliphatic carbocycles. The van der Waals surface area contributed by atoms with E-state index in [1.165, 1.54) is 38.9 Å². The van der Waals surface area contributed by atoms with Crippen molar-refractivity contribution < 1.29 is 0 Å². The van der Waals surface area contributed by atoms with Gasteiger partial charge in [0.2, 0.25) is 0 Å². The number of hydrogen-bond acceptors (Lipinski definition) is 1. The number of hydrogen-bond donors (Lipinski definition) is 0. The van der Waals surface area contributed by atoms with Crippen LogP contribution in [-0.4, -0.2) is 24.5 Å². The molecule has 0 atom stereocenters. The van der Waals surface area contributed by atoms with Gasteiger partial charge in [-0.2, -0.15) is 0 Å². The summed E-state index contributed by atoms with van der Waals surface area (Å²) in [6.07, 6.45) is 4.50. The lowest BCUT2D eigenvalue weighted by molar-refractivity contribution is 0.0398. The summed E-state index contributed by atoms with van der Waals surface area (Å²) in [7, 11) is 0. The SMILES string of the molecule is CC(C)C1CN(CC2CCC2)C1. The number of rotatable bonds is 3. The van der Waals surface area contributed by atoms with Crippen molar-refractivity contribution in [3.8, 4) is 0 Å². The number of nitrogens with zero attached hydrogens (tertiary/aromatic N) is 1. The Morgan fingerprint density at radius 1 is 1.25 bits per heavy atom. The van der Waals surface area contributed by atoms with E-state index in [-0.39, 0.29) is 0 Å². The van der Waals surface area contributed by atoms with Gasteiger partial charge in [0.15, 0.2) is 0 Å². The first-order chi connectivity index (χ1) is 5.75. The van der Waals surface area contributed by atoms with Gasteiger partial charge in [-0.1, -0.05) is 20.3 Å². The van der Waals surface area contributed by atoms with Crippen LogP contribution in [0.3, 0.4) is 0 Å². The second-order valence-electron chi connectivity index (χ2n) is 5.02. The molecule has 1 nitrogen and oxygen atoms in total. The van der Waals surface area contributed by atoms with Crippen molar-refractivity contribution >= 4 is 0 Å². The average Bonchev–Trinajstić information content (AvgIpc) is 1.79. The molecule has 0 aromatic heterocycles. The maximum absolute atomic E-state index is 2.65. The molecule has 1 saturated carbocycles. The van der Waals surface area contributed by atoms with Gasteiger partial charge in [-0.3, -0.25) is 0 Å². The molecular formula is C11H21N. The normalized spacial score (nSPS) is 27.2. The first kappa shape index (κ1) is 8.55. The van der Waals surface area contributed by atoms with E-state index in [1.54, 1.807) is 0 Å². The molecule has 1 heteroatoms. The Labute approximate surface area is 76.1 Å². The van der Waals surface area contributed by atoms with Gasteiger partial charge in [0, 0.05) is 19.6 Å². The third kappa shape index (κ3) is 1.66. The molecule has 2 rings (SSSR count). The zero-order valence-corrected chi connectivity index (χ0v) is 8.42. The van der Waals surface area contributed by atoms with Crippen LogP contribution in [0.2, 0.25) is 0 Å². The van der Waals surface area contributed by atoms with E-state index >= 15 is 0 Å². The van der Waals surface area contributed by atoms with Gasteiger partial charge >= 0.3 is 0 Å². The minimum absolute atomic E-state index is 0.905. The lowest BCUT2D eigenvalue weighted by Gasteiger charge is -2.44. The summed E-state index contributed by atoms with van der Waals surface area (Å²) < 4.78 is 0. The van der Waals surface area contributed by atoms with Crippen LogP contribution in [0.5, 0.6) is 0 Å². The van der Waals surface area contributed by atoms with Crippen molar-refractivity contribution in [1.82, 2.24) is 4.90 Å². The van der Waals surface area contributed by atoms with Crippen molar-refractivity contribution in [1.29, 1.82) is 0 Å². The molecule has 0 radical (unpaired) electrons. The van der Waals surface area contributed by atoms with Crippen LogP contribution in [0.4, 0.5) is 0 Å². The molecule has 0 aromatic carbocycles. The molecule has 70 valence electrons. The van der Waals surface area contributed by atoms with Crippen molar-refractivity contribution in [2.75, 3.05) is 19.6 Å². The fraction of sp³-hybridized carbons (Fsp3) is 1.00. The second kappa shape index (κ2) is 3.37. The van der Waals surface area contributed by atoms with Crippen LogP contribution in [0.15, 0.2) is 0 Å². The van der Waals surface area contributed by atoms with Gasteiger partial charge in [0.25, 0.3) is 0 Å². The molecule has 0 spiro atoms. The average molecular weight is 167 g/mol. The Morgan fingerprint density at radius 3 is 2.33 bits per heavy atom. The van der Waals surface area contributed by atoms with Crippen molar-refractivity contribution in [3.05, 3.63) is 0 Å². The summed E-state index contributed by atoms with van der Waals surface area (Å²) in [5.41, 5.74) is 0. The molecule has 1 heterocycles. The second-order valence-corrected chi connectivity index (χ2v) is 5.02. The van der Waals surface area contributed by atoms with Crippen molar-refractivity contribution in [3.63, 3.8) is 0 Å². The van der Waals surface area contributed by atoms with Crippen LogP contribution in [-0.2, 0) is 0 Å². The highest BCUT2D eigenvalue weighted by molar-refractivity contribution is 4.84. The van der Waals surface area contributed by atoms with E-state index in [0.717, 1.165) is 17.8 Å². The van der Waals surface area contributed by atoms with E-state index in [9.17, 15) is 0 Å². The van der Waals surface area contributed by atoms with Gasteiger partial charge in [0.05, 0.1) is 0 Å². The largest absolute Gasteiger partial charge is 0.302 e. The molecule has 0 amide bonds. The fourth-order valence-electron chi connectivity index (χ4n) is 2.22. The summed E-state index contributed by atoms with van der Waals surface area (Å²) >= 11 is 0. The van der Waals surface area contributed by atoms with Crippen molar-refractivity contribution in [2.45, 2.75) is 33.1 Å². The molecule has 0 aromatic rings. The summed E-state index contributed by atoms with van der Waals surface area (Å²) in [4.78, 5) is 2.65. The Hall–Kier alpha value is -0.0400. The zero-order valence-electron chi connectivity index (χ0n) is 8.42. The molecule has 1 saturated heterocycles. The summed E-state index contributed by atoms with van der Waals surface area (Å²) in [5, 5.41) is 0. The van der Waals surface area contributed by atoms with E-state index in [1.807, 2.05) is 0 Å². The van der Waals surface area contributed by atoms with E-state index in [2.05, 4.69) is 18.7 Å². The third-order valence-corrected chi connectivity index (χ3v) is 3.67. The molecule has 0 N–H and O–H groups in total. The number of likely N-dealkylation sites (tertiary alicyclic amines) is 1. The molecular weight excluding hydrogens is 146 g/mol.